The number of hydrogen-bond donors (Lipinski definition) is 0. The molecule has 20 heavy (non-hydrogen) atoms. The molecule has 1 fully saturated rings. The van der Waals surface area contributed by atoms with Crippen molar-refractivity contribution < 1.29 is 4.74 Å². The first-order valence-corrected chi connectivity index (χ1v) is 8.42. The average molecular weight is 295 g/mol. The number of halogens is 1. The summed E-state index contributed by atoms with van der Waals surface area (Å²) in [6.45, 7) is 5.49. The molecular formula is C18H27ClO. The summed E-state index contributed by atoms with van der Waals surface area (Å²) in [5.74, 6) is 3.31. The molecule has 0 N–H and O–H groups in total. The standard InChI is InChI=1S/C18H27ClO/c1-14(2)15-10-11-18(19)16(13-15)7-6-12-20-17-8-4-3-5-9-17/h3-5,8-9,14-16,18H,6-7,10-13H2,1-2H3. The van der Waals surface area contributed by atoms with Crippen LogP contribution < -0.4 is 4.74 Å². The third-order valence-electron chi connectivity index (χ3n) is 4.60. The first kappa shape index (κ1) is 15.7. The molecule has 0 bridgehead atoms. The summed E-state index contributed by atoms with van der Waals surface area (Å²) in [7, 11) is 0. The van der Waals surface area contributed by atoms with Gasteiger partial charge in [-0.05, 0) is 62.0 Å². The van der Waals surface area contributed by atoms with E-state index in [1.54, 1.807) is 0 Å². The number of para-hydroxylation sites is 1. The molecule has 1 aliphatic rings. The highest BCUT2D eigenvalue weighted by Crippen LogP contribution is 2.38. The van der Waals surface area contributed by atoms with Crippen LogP contribution in [-0.4, -0.2) is 12.0 Å². The minimum absolute atomic E-state index is 0.377. The third kappa shape index (κ3) is 4.70. The summed E-state index contributed by atoms with van der Waals surface area (Å²) in [4.78, 5) is 0. The Morgan fingerprint density at radius 1 is 1.20 bits per heavy atom. The monoisotopic (exact) mass is 294 g/mol. The van der Waals surface area contributed by atoms with Gasteiger partial charge in [0.1, 0.15) is 5.75 Å². The molecule has 2 rings (SSSR count). The molecule has 0 saturated heterocycles. The van der Waals surface area contributed by atoms with Crippen molar-refractivity contribution in [3.8, 4) is 5.75 Å². The van der Waals surface area contributed by atoms with Crippen molar-refractivity contribution in [1.29, 1.82) is 0 Å². The van der Waals surface area contributed by atoms with Gasteiger partial charge >= 0.3 is 0 Å². The summed E-state index contributed by atoms with van der Waals surface area (Å²) in [5.41, 5.74) is 0. The third-order valence-corrected chi connectivity index (χ3v) is 5.18. The van der Waals surface area contributed by atoms with Crippen LogP contribution in [0.4, 0.5) is 0 Å². The van der Waals surface area contributed by atoms with Crippen LogP contribution in [0.25, 0.3) is 0 Å². The van der Waals surface area contributed by atoms with E-state index in [-0.39, 0.29) is 0 Å². The smallest absolute Gasteiger partial charge is 0.119 e. The Morgan fingerprint density at radius 2 is 1.95 bits per heavy atom. The topological polar surface area (TPSA) is 9.23 Å². The lowest BCUT2D eigenvalue weighted by Crippen LogP contribution is -2.28. The number of hydrogen-bond acceptors (Lipinski definition) is 1. The van der Waals surface area contributed by atoms with Gasteiger partial charge in [-0.15, -0.1) is 11.6 Å². The zero-order chi connectivity index (χ0) is 14.4. The Bertz CT molecular complexity index is 376. The summed E-state index contributed by atoms with van der Waals surface area (Å²) < 4.78 is 5.76. The molecule has 2 heteroatoms. The molecule has 112 valence electrons. The van der Waals surface area contributed by atoms with Crippen LogP contribution in [0.2, 0.25) is 0 Å². The zero-order valence-corrected chi connectivity index (χ0v) is 13.5. The molecule has 0 heterocycles. The molecular weight excluding hydrogens is 268 g/mol. The SMILES string of the molecule is CC(C)C1CCC(Cl)C(CCCOc2ccccc2)C1. The lowest BCUT2D eigenvalue weighted by atomic mass is 9.74. The predicted molar refractivity (Wildman–Crippen MR) is 86.5 cm³/mol. The Labute approximate surface area is 128 Å². The van der Waals surface area contributed by atoms with Crippen LogP contribution >= 0.6 is 11.6 Å². The van der Waals surface area contributed by atoms with E-state index in [4.69, 9.17) is 16.3 Å². The molecule has 1 aliphatic carbocycles. The molecule has 1 aromatic carbocycles. The van der Waals surface area contributed by atoms with E-state index in [1.165, 1.54) is 25.7 Å². The van der Waals surface area contributed by atoms with Crippen LogP contribution in [0, 0.1) is 17.8 Å². The van der Waals surface area contributed by atoms with Crippen LogP contribution in [-0.2, 0) is 0 Å². The average Bonchev–Trinajstić information content (AvgIpc) is 2.46. The Hall–Kier alpha value is -0.690. The van der Waals surface area contributed by atoms with Crippen molar-refractivity contribution in [2.75, 3.05) is 6.61 Å². The molecule has 1 nitrogen and oxygen atoms in total. The quantitative estimate of drug-likeness (QED) is 0.495. The lowest BCUT2D eigenvalue weighted by Gasteiger charge is -2.35. The van der Waals surface area contributed by atoms with Gasteiger partial charge in [-0.3, -0.25) is 0 Å². The molecule has 0 spiro atoms. The van der Waals surface area contributed by atoms with Crippen molar-refractivity contribution in [3.05, 3.63) is 30.3 Å². The molecule has 1 aromatic rings. The van der Waals surface area contributed by atoms with Gasteiger partial charge in [0.05, 0.1) is 6.61 Å². The minimum atomic E-state index is 0.377. The molecule has 3 atom stereocenters. The van der Waals surface area contributed by atoms with Gasteiger partial charge in [0.25, 0.3) is 0 Å². The van der Waals surface area contributed by atoms with Gasteiger partial charge < -0.3 is 4.74 Å². The summed E-state index contributed by atoms with van der Waals surface area (Å²) >= 11 is 6.51. The second kappa shape index (κ2) is 7.93. The van der Waals surface area contributed by atoms with Crippen molar-refractivity contribution in [3.63, 3.8) is 0 Å². The van der Waals surface area contributed by atoms with Gasteiger partial charge in [-0.1, -0.05) is 32.0 Å². The fraction of sp³-hybridized carbons (Fsp3) is 0.667. The van der Waals surface area contributed by atoms with E-state index in [9.17, 15) is 0 Å². The summed E-state index contributed by atoms with van der Waals surface area (Å²) in [6.07, 6.45) is 6.10. The number of ether oxygens (including phenoxy) is 1. The fourth-order valence-corrected chi connectivity index (χ4v) is 3.57. The Kier molecular flexibility index (Phi) is 6.22. The largest absolute Gasteiger partial charge is 0.494 e. The first-order valence-electron chi connectivity index (χ1n) is 7.98. The highest BCUT2D eigenvalue weighted by molar-refractivity contribution is 6.20. The number of alkyl halides is 1. The maximum absolute atomic E-state index is 6.51. The molecule has 0 amide bonds. The van der Waals surface area contributed by atoms with Gasteiger partial charge in [0.2, 0.25) is 0 Å². The van der Waals surface area contributed by atoms with E-state index in [0.717, 1.165) is 30.6 Å². The fourth-order valence-electron chi connectivity index (χ4n) is 3.22. The number of benzene rings is 1. The Balaban J connectivity index is 1.70. The van der Waals surface area contributed by atoms with Crippen molar-refractivity contribution in [2.24, 2.45) is 17.8 Å². The predicted octanol–water partition coefficient (Wildman–Crippen LogP) is 5.53. The van der Waals surface area contributed by atoms with Crippen molar-refractivity contribution in [2.45, 2.75) is 51.3 Å². The maximum atomic E-state index is 6.51. The minimum Gasteiger partial charge on any atom is -0.494 e. The van der Waals surface area contributed by atoms with Gasteiger partial charge in [0.15, 0.2) is 0 Å². The van der Waals surface area contributed by atoms with Crippen LogP contribution in [0.15, 0.2) is 30.3 Å². The molecule has 3 unspecified atom stereocenters. The summed E-state index contributed by atoms with van der Waals surface area (Å²) in [5, 5.41) is 0.377. The van der Waals surface area contributed by atoms with E-state index in [2.05, 4.69) is 13.8 Å². The zero-order valence-electron chi connectivity index (χ0n) is 12.7. The Morgan fingerprint density at radius 3 is 2.65 bits per heavy atom. The molecule has 0 aliphatic heterocycles. The molecule has 1 saturated carbocycles. The van der Waals surface area contributed by atoms with Gasteiger partial charge in [-0.2, -0.15) is 0 Å². The van der Waals surface area contributed by atoms with Crippen molar-refractivity contribution in [1.82, 2.24) is 0 Å². The van der Waals surface area contributed by atoms with E-state index >= 15 is 0 Å². The van der Waals surface area contributed by atoms with E-state index < -0.39 is 0 Å². The van der Waals surface area contributed by atoms with Gasteiger partial charge in [-0.25, -0.2) is 0 Å². The molecule has 0 aromatic heterocycles. The highest BCUT2D eigenvalue weighted by atomic mass is 35.5. The lowest BCUT2D eigenvalue weighted by molar-refractivity contribution is 0.198. The van der Waals surface area contributed by atoms with Crippen molar-refractivity contribution >= 4 is 11.6 Å². The van der Waals surface area contributed by atoms with Crippen LogP contribution in [0.5, 0.6) is 5.75 Å². The number of rotatable bonds is 6. The molecule has 0 radical (unpaired) electrons. The normalized spacial score (nSPS) is 26.7. The van der Waals surface area contributed by atoms with E-state index in [0.29, 0.717) is 11.3 Å². The van der Waals surface area contributed by atoms with Crippen LogP contribution in [0.1, 0.15) is 46.0 Å². The van der Waals surface area contributed by atoms with Crippen LogP contribution in [0.3, 0.4) is 0 Å². The van der Waals surface area contributed by atoms with Gasteiger partial charge in [0, 0.05) is 5.38 Å². The second-order valence-corrected chi connectivity index (χ2v) is 6.96. The maximum Gasteiger partial charge on any atom is 0.119 e. The van der Waals surface area contributed by atoms with E-state index in [1.807, 2.05) is 30.3 Å². The highest BCUT2D eigenvalue weighted by Gasteiger charge is 2.30. The second-order valence-electron chi connectivity index (χ2n) is 6.40. The summed E-state index contributed by atoms with van der Waals surface area (Å²) in [6, 6.07) is 10.1. The first-order chi connectivity index (χ1) is 9.66.